The molecule has 0 saturated carbocycles. The van der Waals surface area contributed by atoms with Crippen molar-refractivity contribution in [2.24, 2.45) is 0 Å². The summed E-state index contributed by atoms with van der Waals surface area (Å²) in [7, 11) is 0. The van der Waals surface area contributed by atoms with Crippen molar-refractivity contribution in [3.8, 4) is 11.3 Å². The second-order valence-corrected chi connectivity index (χ2v) is 6.31. The molecule has 6 heteroatoms. The first-order valence-corrected chi connectivity index (χ1v) is 8.21. The quantitative estimate of drug-likeness (QED) is 0.905. The SMILES string of the molecule is Cc1onc(-c2ccccc2Cl)c1C(=O)NC1CCCNC1C. The number of benzene rings is 1. The summed E-state index contributed by atoms with van der Waals surface area (Å²) in [5, 5.41) is 11.1. The molecule has 2 N–H and O–H groups in total. The molecule has 2 atom stereocenters. The molecule has 2 aromatic rings. The van der Waals surface area contributed by atoms with Crippen LogP contribution in [0.25, 0.3) is 11.3 Å². The van der Waals surface area contributed by atoms with Gasteiger partial charge in [0.25, 0.3) is 5.91 Å². The highest BCUT2D eigenvalue weighted by atomic mass is 35.5. The third-order valence-electron chi connectivity index (χ3n) is 4.30. The number of hydrogen-bond acceptors (Lipinski definition) is 4. The maximum atomic E-state index is 12.8. The van der Waals surface area contributed by atoms with Crippen LogP contribution in [0.1, 0.15) is 35.9 Å². The molecule has 1 amide bonds. The number of hydrogen-bond donors (Lipinski definition) is 2. The Bertz CT molecular complexity index is 714. The molecule has 23 heavy (non-hydrogen) atoms. The van der Waals surface area contributed by atoms with Crippen molar-refractivity contribution in [1.29, 1.82) is 0 Å². The number of amides is 1. The molecule has 5 nitrogen and oxygen atoms in total. The number of piperidine rings is 1. The first-order valence-electron chi connectivity index (χ1n) is 7.83. The van der Waals surface area contributed by atoms with Gasteiger partial charge in [-0.3, -0.25) is 4.79 Å². The van der Waals surface area contributed by atoms with E-state index in [1.54, 1.807) is 13.0 Å². The van der Waals surface area contributed by atoms with Gasteiger partial charge in [0.05, 0.1) is 5.02 Å². The van der Waals surface area contributed by atoms with Crippen LogP contribution in [0.15, 0.2) is 28.8 Å². The van der Waals surface area contributed by atoms with Crippen molar-refractivity contribution in [3.05, 3.63) is 40.6 Å². The van der Waals surface area contributed by atoms with Gasteiger partial charge in [0.15, 0.2) is 0 Å². The zero-order valence-electron chi connectivity index (χ0n) is 13.2. The van der Waals surface area contributed by atoms with Crippen LogP contribution in [0.4, 0.5) is 0 Å². The zero-order chi connectivity index (χ0) is 16.4. The van der Waals surface area contributed by atoms with Gasteiger partial charge < -0.3 is 15.2 Å². The Kier molecular flexibility index (Phi) is 4.68. The maximum absolute atomic E-state index is 12.8. The molecule has 2 heterocycles. The van der Waals surface area contributed by atoms with E-state index >= 15 is 0 Å². The fourth-order valence-corrected chi connectivity index (χ4v) is 3.18. The maximum Gasteiger partial charge on any atom is 0.257 e. The number of aryl methyl sites for hydroxylation is 1. The summed E-state index contributed by atoms with van der Waals surface area (Å²) in [5.41, 5.74) is 1.64. The van der Waals surface area contributed by atoms with Crippen molar-refractivity contribution in [2.45, 2.75) is 38.8 Å². The zero-order valence-corrected chi connectivity index (χ0v) is 14.0. The van der Waals surface area contributed by atoms with Gasteiger partial charge in [0.2, 0.25) is 0 Å². The predicted octanol–water partition coefficient (Wildman–Crippen LogP) is 3.17. The van der Waals surface area contributed by atoms with E-state index in [1.807, 2.05) is 18.2 Å². The summed E-state index contributed by atoms with van der Waals surface area (Å²) in [6.45, 7) is 4.81. The molecule has 1 saturated heterocycles. The van der Waals surface area contributed by atoms with Gasteiger partial charge in [0, 0.05) is 17.6 Å². The topological polar surface area (TPSA) is 67.2 Å². The van der Waals surface area contributed by atoms with Gasteiger partial charge in [-0.25, -0.2) is 0 Å². The monoisotopic (exact) mass is 333 g/mol. The molecule has 1 aromatic carbocycles. The number of rotatable bonds is 3. The van der Waals surface area contributed by atoms with Crippen LogP contribution < -0.4 is 10.6 Å². The second kappa shape index (κ2) is 6.72. The van der Waals surface area contributed by atoms with Crippen LogP contribution >= 0.6 is 11.6 Å². The largest absolute Gasteiger partial charge is 0.360 e. The van der Waals surface area contributed by atoms with Gasteiger partial charge in [-0.1, -0.05) is 35.0 Å². The van der Waals surface area contributed by atoms with E-state index in [0.717, 1.165) is 19.4 Å². The van der Waals surface area contributed by atoms with E-state index in [2.05, 4.69) is 22.7 Å². The third-order valence-corrected chi connectivity index (χ3v) is 4.63. The lowest BCUT2D eigenvalue weighted by atomic mass is 9.98. The van der Waals surface area contributed by atoms with Crippen molar-refractivity contribution in [3.63, 3.8) is 0 Å². The van der Waals surface area contributed by atoms with Gasteiger partial charge in [-0.15, -0.1) is 0 Å². The normalized spacial score (nSPS) is 21.2. The Morgan fingerprint density at radius 1 is 1.43 bits per heavy atom. The van der Waals surface area contributed by atoms with Crippen LogP contribution in [0.3, 0.4) is 0 Å². The van der Waals surface area contributed by atoms with Crippen molar-refractivity contribution < 1.29 is 9.32 Å². The van der Waals surface area contributed by atoms with Crippen LogP contribution in [0.2, 0.25) is 5.02 Å². The molecule has 0 spiro atoms. The van der Waals surface area contributed by atoms with Gasteiger partial charge in [0.1, 0.15) is 17.0 Å². The number of nitrogens with one attached hydrogen (secondary N) is 2. The van der Waals surface area contributed by atoms with E-state index in [9.17, 15) is 4.79 Å². The van der Waals surface area contributed by atoms with E-state index in [-0.39, 0.29) is 18.0 Å². The molecule has 1 aliphatic rings. The molecular weight excluding hydrogens is 314 g/mol. The Balaban J connectivity index is 1.89. The number of carbonyl (C=O) groups is 1. The molecule has 1 aliphatic heterocycles. The number of aromatic nitrogens is 1. The standard InChI is InChI=1S/C17H20ClN3O2/c1-10-14(8-5-9-19-10)20-17(22)15-11(2)23-21-16(15)12-6-3-4-7-13(12)18/h3-4,6-7,10,14,19H,5,8-9H2,1-2H3,(H,20,22). The summed E-state index contributed by atoms with van der Waals surface area (Å²) in [5.74, 6) is 0.327. The Labute approximate surface area is 140 Å². The van der Waals surface area contributed by atoms with Gasteiger partial charge in [-0.05, 0) is 39.3 Å². The van der Waals surface area contributed by atoms with Crippen molar-refractivity contribution >= 4 is 17.5 Å². The van der Waals surface area contributed by atoms with E-state index in [0.29, 0.717) is 27.6 Å². The van der Waals surface area contributed by atoms with E-state index in [1.165, 1.54) is 0 Å². The van der Waals surface area contributed by atoms with Crippen LogP contribution in [0, 0.1) is 6.92 Å². The highest BCUT2D eigenvalue weighted by Gasteiger charge is 2.27. The fraction of sp³-hybridized carbons (Fsp3) is 0.412. The van der Waals surface area contributed by atoms with Crippen LogP contribution in [-0.4, -0.2) is 29.7 Å². The third kappa shape index (κ3) is 3.26. The predicted molar refractivity (Wildman–Crippen MR) is 89.6 cm³/mol. The summed E-state index contributed by atoms with van der Waals surface area (Å²) in [4.78, 5) is 12.8. The number of nitrogens with zero attached hydrogens (tertiary/aromatic N) is 1. The number of carbonyl (C=O) groups excluding carboxylic acids is 1. The highest BCUT2D eigenvalue weighted by Crippen LogP contribution is 2.31. The summed E-state index contributed by atoms with van der Waals surface area (Å²) in [6, 6.07) is 7.66. The molecule has 0 bridgehead atoms. The van der Waals surface area contributed by atoms with E-state index in [4.69, 9.17) is 16.1 Å². The Morgan fingerprint density at radius 3 is 2.96 bits per heavy atom. The summed E-state index contributed by atoms with van der Waals surface area (Å²) in [6.07, 6.45) is 2.01. The first kappa shape index (κ1) is 16.0. The van der Waals surface area contributed by atoms with Gasteiger partial charge in [-0.2, -0.15) is 0 Å². The minimum atomic E-state index is -0.167. The average molecular weight is 334 g/mol. The molecule has 122 valence electrons. The molecule has 3 rings (SSSR count). The molecule has 2 unspecified atom stereocenters. The average Bonchev–Trinajstić information content (AvgIpc) is 2.91. The van der Waals surface area contributed by atoms with Crippen molar-refractivity contribution in [1.82, 2.24) is 15.8 Å². The van der Waals surface area contributed by atoms with Crippen molar-refractivity contribution in [2.75, 3.05) is 6.54 Å². The fourth-order valence-electron chi connectivity index (χ4n) is 2.96. The minimum absolute atomic E-state index is 0.102. The molecular formula is C17H20ClN3O2. The lowest BCUT2D eigenvalue weighted by molar-refractivity contribution is 0.0919. The molecule has 0 aliphatic carbocycles. The smallest absolute Gasteiger partial charge is 0.257 e. The Morgan fingerprint density at radius 2 is 2.22 bits per heavy atom. The first-order chi connectivity index (χ1) is 11.1. The number of halogens is 1. The van der Waals surface area contributed by atoms with Gasteiger partial charge >= 0.3 is 0 Å². The van der Waals surface area contributed by atoms with E-state index < -0.39 is 0 Å². The van der Waals surface area contributed by atoms with Crippen LogP contribution in [0.5, 0.6) is 0 Å². The second-order valence-electron chi connectivity index (χ2n) is 5.91. The molecule has 1 aromatic heterocycles. The lowest BCUT2D eigenvalue weighted by Crippen LogP contribution is -2.52. The molecule has 1 fully saturated rings. The highest BCUT2D eigenvalue weighted by molar-refractivity contribution is 6.33. The van der Waals surface area contributed by atoms with Crippen LogP contribution in [-0.2, 0) is 0 Å². The Hall–Kier alpha value is -1.85. The lowest BCUT2D eigenvalue weighted by Gasteiger charge is -2.30. The molecule has 0 radical (unpaired) electrons. The minimum Gasteiger partial charge on any atom is -0.360 e. The summed E-state index contributed by atoms with van der Waals surface area (Å²) < 4.78 is 5.26. The summed E-state index contributed by atoms with van der Waals surface area (Å²) >= 11 is 6.24.